The van der Waals surface area contributed by atoms with Crippen LogP contribution in [0.15, 0.2) is 69.9 Å². The Labute approximate surface area is 153 Å². The fraction of sp³-hybridized carbons (Fsp3) is 0.227. The largest absolute Gasteiger partial charge is 0.512 e. The molecule has 2 aliphatic carbocycles. The summed E-state index contributed by atoms with van der Waals surface area (Å²) in [6, 6.07) is 5.96. The molecule has 0 saturated heterocycles. The van der Waals surface area contributed by atoms with Crippen LogP contribution in [0, 0.1) is 29.4 Å². The molecular weight excluding hydrogens is 326 g/mol. The number of thiocyanates is 1. The molecule has 0 amide bonds. The quantitative estimate of drug-likeness (QED) is 0.423. The number of aliphatic hydroxyl groups is 1. The highest BCUT2D eigenvalue weighted by atomic mass is 32.2. The molecular formula is C22H19NOS. The van der Waals surface area contributed by atoms with Gasteiger partial charge in [-0.3, -0.25) is 0 Å². The zero-order valence-electron chi connectivity index (χ0n) is 14.2. The van der Waals surface area contributed by atoms with Gasteiger partial charge in [-0.25, -0.2) is 0 Å². The van der Waals surface area contributed by atoms with E-state index in [2.05, 4.69) is 29.4 Å². The lowest BCUT2D eigenvalue weighted by Gasteiger charge is -2.17. The van der Waals surface area contributed by atoms with Gasteiger partial charge in [0.1, 0.15) is 5.40 Å². The molecule has 0 fully saturated rings. The molecule has 0 aromatic heterocycles. The van der Waals surface area contributed by atoms with Gasteiger partial charge in [0.25, 0.3) is 0 Å². The lowest BCUT2D eigenvalue weighted by Crippen LogP contribution is -2.00. The van der Waals surface area contributed by atoms with Gasteiger partial charge in [0.2, 0.25) is 0 Å². The number of nitriles is 1. The van der Waals surface area contributed by atoms with Gasteiger partial charge >= 0.3 is 0 Å². The van der Waals surface area contributed by atoms with Crippen LogP contribution in [0.2, 0.25) is 0 Å². The Morgan fingerprint density at radius 1 is 0.960 bits per heavy atom. The Balaban J connectivity index is 1.72. The first kappa shape index (κ1) is 17.2. The van der Waals surface area contributed by atoms with Gasteiger partial charge in [0, 0.05) is 22.5 Å². The summed E-state index contributed by atoms with van der Waals surface area (Å²) in [6.07, 6.45) is 11.7. The molecule has 0 spiro atoms. The summed E-state index contributed by atoms with van der Waals surface area (Å²) in [5, 5.41) is 20.3. The number of allylic oxidation sites excluding steroid dienone is 8. The molecule has 1 aromatic carbocycles. The molecule has 0 heterocycles. The van der Waals surface area contributed by atoms with Crippen LogP contribution in [0.1, 0.15) is 36.8 Å². The standard InChI is InChI=1S/C22H19NOS/c1-16-14-18(6-13-22(16)25-15-23)3-2-17-4-7-19(8-5-17)20-9-11-21(24)12-10-20/h4,6-7,9,11,13-14,24H,5,8,10,12H2,1H3. The van der Waals surface area contributed by atoms with E-state index >= 15 is 0 Å². The molecule has 1 aromatic rings. The maximum atomic E-state index is 9.46. The Morgan fingerprint density at radius 3 is 2.32 bits per heavy atom. The SMILES string of the molecule is Cc1cc(C#CC2=CC=C(C3=CC=C(O)CC3)CC2)ccc1SC#N. The summed E-state index contributed by atoms with van der Waals surface area (Å²) in [6.45, 7) is 2.00. The van der Waals surface area contributed by atoms with Crippen LogP contribution in [0.25, 0.3) is 0 Å². The molecule has 0 radical (unpaired) electrons. The molecule has 0 aliphatic heterocycles. The molecule has 0 saturated carbocycles. The number of nitrogens with zero attached hydrogens (tertiary/aromatic N) is 1. The van der Waals surface area contributed by atoms with Crippen LogP contribution in [-0.2, 0) is 0 Å². The van der Waals surface area contributed by atoms with Gasteiger partial charge in [-0.2, -0.15) is 5.26 Å². The van der Waals surface area contributed by atoms with Crippen LogP contribution in [0.3, 0.4) is 0 Å². The van der Waals surface area contributed by atoms with Crippen molar-refractivity contribution in [2.75, 3.05) is 0 Å². The predicted octanol–water partition coefficient (Wildman–Crippen LogP) is 5.73. The first-order valence-electron chi connectivity index (χ1n) is 8.33. The van der Waals surface area contributed by atoms with Gasteiger partial charge in [0.05, 0.1) is 5.76 Å². The number of hydrogen-bond donors (Lipinski definition) is 1. The van der Waals surface area contributed by atoms with Crippen LogP contribution >= 0.6 is 11.8 Å². The van der Waals surface area contributed by atoms with Crippen LogP contribution in [0.5, 0.6) is 0 Å². The smallest absolute Gasteiger partial charge is 0.138 e. The molecule has 0 atom stereocenters. The van der Waals surface area contributed by atoms with Crippen molar-refractivity contribution in [3.63, 3.8) is 0 Å². The topological polar surface area (TPSA) is 44.0 Å². The summed E-state index contributed by atoms with van der Waals surface area (Å²) in [5.74, 6) is 6.97. The average molecular weight is 345 g/mol. The Bertz CT molecular complexity index is 914. The van der Waals surface area contributed by atoms with E-state index in [9.17, 15) is 5.11 Å². The minimum absolute atomic E-state index is 0.469. The van der Waals surface area contributed by atoms with Gasteiger partial charge in [-0.05, 0) is 78.9 Å². The number of benzene rings is 1. The Kier molecular flexibility index (Phi) is 5.49. The summed E-state index contributed by atoms with van der Waals surface area (Å²) in [7, 11) is 0. The van der Waals surface area contributed by atoms with Gasteiger partial charge < -0.3 is 5.11 Å². The zero-order valence-corrected chi connectivity index (χ0v) is 15.0. The average Bonchev–Trinajstić information content (AvgIpc) is 2.63. The number of thioether (sulfide) groups is 1. The van der Waals surface area contributed by atoms with Crippen molar-refractivity contribution < 1.29 is 5.11 Å². The highest BCUT2D eigenvalue weighted by Crippen LogP contribution is 2.29. The second kappa shape index (κ2) is 7.97. The summed E-state index contributed by atoms with van der Waals surface area (Å²) < 4.78 is 0. The van der Waals surface area contributed by atoms with Crippen molar-refractivity contribution in [3.8, 4) is 17.2 Å². The van der Waals surface area contributed by atoms with E-state index in [1.807, 2.05) is 31.2 Å². The minimum atomic E-state index is 0.469. The normalized spacial score (nSPS) is 16.5. The highest BCUT2D eigenvalue weighted by molar-refractivity contribution is 8.03. The summed E-state index contributed by atoms with van der Waals surface area (Å²) >= 11 is 1.18. The molecule has 1 N–H and O–H groups in total. The third-order valence-corrected chi connectivity index (χ3v) is 5.16. The number of rotatable bonds is 2. The van der Waals surface area contributed by atoms with E-state index in [1.165, 1.54) is 22.9 Å². The van der Waals surface area contributed by atoms with Crippen LogP contribution < -0.4 is 0 Å². The Morgan fingerprint density at radius 2 is 1.72 bits per heavy atom. The molecule has 25 heavy (non-hydrogen) atoms. The fourth-order valence-corrected chi connectivity index (χ4v) is 3.40. The maximum absolute atomic E-state index is 9.46. The van der Waals surface area contributed by atoms with E-state index in [-0.39, 0.29) is 0 Å². The van der Waals surface area contributed by atoms with E-state index in [1.54, 1.807) is 6.08 Å². The maximum Gasteiger partial charge on any atom is 0.138 e. The van der Waals surface area contributed by atoms with Crippen LogP contribution in [-0.4, -0.2) is 5.11 Å². The van der Waals surface area contributed by atoms with Gasteiger partial charge in [-0.15, -0.1) is 0 Å². The molecule has 3 heteroatoms. The van der Waals surface area contributed by atoms with Crippen molar-refractivity contribution in [1.29, 1.82) is 5.26 Å². The zero-order chi connectivity index (χ0) is 17.6. The lowest BCUT2D eigenvalue weighted by atomic mass is 9.89. The minimum Gasteiger partial charge on any atom is -0.512 e. The molecule has 0 bridgehead atoms. The molecule has 0 unspecified atom stereocenters. The summed E-state index contributed by atoms with van der Waals surface area (Å²) in [5.41, 5.74) is 5.88. The molecule has 124 valence electrons. The lowest BCUT2D eigenvalue weighted by molar-refractivity contribution is 0.386. The number of aryl methyl sites for hydroxylation is 1. The molecule has 2 aliphatic rings. The third-order valence-electron chi connectivity index (χ3n) is 4.39. The van der Waals surface area contributed by atoms with Crippen molar-refractivity contribution in [2.45, 2.75) is 37.5 Å². The Hall–Kier alpha value is -2.62. The highest BCUT2D eigenvalue weighted by Gasteiger charge is 2.12. The van der Waals surface area contributed by atoms with Gasteiger partial charge in [-0.1, -0.05) is 30.1 Å². The fourth-order valence-electron chi connectivity index (χ4n) is 2.95. The third kappa shape index (κ3) is 4.47. The first-order valence-corrected chi connectivity index (χ1v) is 9.15. The van der Waals surface area contributed by atoms with Crippen molar-refractivity contribution in [1.82, 2.24) is 0 Å². The van der Waals surface area contributed by atoms with Crippen LogP contribution in [0.4, 0.5) is 0 Å². The van der Waals surface area contributed by atoms with Crippen molar-refractivity contribution in [3.05, 3.63) is 76.1 Å². The second-order valence-corrected chi connectivity index (χ2v) is 6.98. The number of hydrogen-bond acceptors (Lipinski definition) is 3. The predicted molar refractivity (Wildman–Crippen MR) is 103 cm³/mol. The first-order chi connectivity index (χ1) is 12.2. The van der Waals surface area contributed by atoms with E-state index in [4.69, 9.17) is 5.26 Å². The summed E-state index contributed by atoms with van der Waals surface area (Å²) in [4.78, 5) is 0.985. The number of aliphatic hydroxyl groups excluding tert-OH is 1. The van der Waals surface area contributed by atoms with E-state index < -0.39 is 0 Å². The van der Waals surface area contributed by atoms with Crippen molar-refractivity contribution in [2.24, 2.45) is 0 Å². The van der Waals surface area contributed by atoms with E-state index in [0.717, 1.165) is 47.3 Å². The van der Waals surface area contributed by atoms with Gasteiger partial charge in [0.15, 0.2) is 0 Å². The van der Waals surface area contributed by atoms with Crippen molar-refractivity contribution >= 4 is 11.8 Å². The monoisotopic (exact) mass is 345 g/mol. The molecule has 3 rings (SSSR count). The molecule has 2 nitrogen and oxygen atoms in total. The second-order valence-electron chi connectivity index (χ2n) is 6.16. The van der Waals surface area contributed by atoms with E-state index in [0.29, 0.717) is 5.76 Å².